The van der Waals surface area contributed by atoms with Crippen molar-refractivity contribution in [3.8, 4) is 0 Å². The molecule has 1 aromatic heterocycles. The second-order valence-corrected chi connectivity index (χ2v) is 4.57. The Morgan fingerprint density at radius 2 is 2.21 bits per heavy atom. The van der Waals surface area contributed by atoms with Crippen molar-refractivity contribution in [1.29, 1.82) is 0 Å². The molecule has 3 atom stereocenters. The largest absolute Gasteiger partial charge is 0.382 e. The van der Waals surface area contributed by atoms with Gasteiger partial charge in [0.15, 0.2) is 0 Å². The number of aromatic amines is 1. The van der Waals surface area contributed by atoms with E-state index in [1.54, 1.807) is 21.1 Å². The van der Waals surface area contributed by atoms with E-state index in [2.05, 4.69) is 4.98 Å². The Morgan fingerprint density at radius 1 is 1.47 bits per heavy atom. The summed E-state index contributed by atoms with van der Waals surface area (Å²) in [6.07, 6.45) is 1.24. The van der Waals surface area contributed by atoms with Crippen molar-refractivity contribution < 1.29 is 14.2 Å². The standard InChI is InChI=1S/C12H18N2O5/c1-7-5-14(12(16)13-11(7)15)10-4-8(18-3)9(19-10)6-17-2/h5,8-10H,4,6H2,1-3H3,(H,13,15,16)/t8-,9+,10+/m0/s1. The van der Waals surface area contributed by atoms with Gasteiger partial charge in [-0.3, -0.25) is 14.3 Å². The van der Waals surface area contributed by atoms with Crippen molar-refractivity contribution in [3.63, 3.8) is 0 Å². The molecule has 106 valence electrons. The molecule has 0 unspecified atom stereocenters. The van der Waals surface area contributed by atoms with E-state index in [9.17, 15) is 9.59 Å². The summed E-state index contributed by atoms with van der Waals surface area (Å²) in [4.78, 5) is 25.4. The molecule has 0 bridgehead atoms. The third kappa shape index (κ3) is 2.78. The lowest BCUT2D eigenvalue weighted by atomic mass is 10.2. The first-order chi connectivity index (χ1) is 9.06. The van der Waals surface area contributed by atoms with Crippen LogP contribution in [0.15, 0.2) is 15.8 Å². The Labute approximate surface area is 110 Å². The van der Waals surface area contributed by atoms with Gasteiger partial charge in [-0.1, -0.05) is 0 Å². The number of aromatic nitrogens is 2. The van der Waals surface area contributed by atoms with Crippen molar-refractivity contribution in [2.45, 2.75) is 31.8 Å². The SMILES string of the molecule is COC[C@H]1O[C@@H](n2cc(C)c(=O)[nH]c2=O)C[C@@H]1OC. The molecule has 1 aromatic rings. The van der Waals surface area contributed by atoms with Gasteiger partial charge < -0.3 is 14.2 Å². The topological polar surface area (TPSA) is 82.5 Å². The van der Waals surface area contributed by atoms with E-state index >= 15 is 0 Å². The fourth-order valence-electron chi connectivity index (χ4n) is 2.23. The molecule has 0 amide bonds. The summed E-state index contributed by atoms with van der Waals surface area (Å²) in [6, 6.07) is 0. The highest BCUT2D eigenvalue weighted by molar-refractivity contribution is 5.02. The third-order valence-corrected chi connectivity index (χ3v) is 3.27. The van der Waals surface area contributed by atoms with E-state index in [-0.39, 0.29) is 17.8 Å². The van der Waals surface area contributed by atoms with Crippen molar-refractivity contribution >= 4 is 0 Å². The van der Waals surface area contributed by atoms with Gasteiger partial charge in [0.1, 0.15) is 12.3 Å². The van der Waals surface area contributed by atoms with E-state index in [1.807, 2.05) is 0 Å². The molecular formula is C12H18N2O5. The zero-order valence-corrected chi connectivity index (χ0v) is 11.2. The lowest BCUT2D eigenvalue weighted by Crippen LogP contribution is -2.33. The van der Waals surface area contributed by atoms with Crippen LogP contribution in [0.1, 0.15) is 18.2 Å². The molecule has 1 aliphatic heterocycles. The summed E-state index contributed by atoms with van der Waals surface area (Å²) >= 11 is 0. The fourth-order valence-corrected chi connectivity index (χ4v) is 2.23. The van der Waals surface area contributed by atoms with Gasteiger partial charge in [0.05, 0.1) is 12.7 Å². The number of rotatable bonds is 4. The normalized spacial score (nSPS) is 26.8. The van der Waals surface area contributed by atoms with E-state index in [4.69, 9.17) is 14.2 Å². The minimum absolute atomic E-state index is 0.135. The van der Waals surface area contributed by atoms with Gasteiger partial charge in [0.2, 0.25) is 0 Å². The second-order valence-electron chi connectivity index (χ2n) is 4.57. The number of ether oxygens (including phenoxy) is 3. The molecule has 0 radical (unpaired) electrons. The number of H-pyrrole nitrogens is 1. The first-order valence-corrected chi connectivity index (χ1v) is 6.06. The number of nitrogens with one attached hydrogen (secondary N) is 1. The fraction of sp³-hybridized carbons (Fsp3) is 0.667. The molecule has 1 fully saturated rings. The number of aryl methyl sites for hydroxylation is 1. The van der Waals surface area contributed by atoms with E-state index in [1.165, 1.54) is 10.8 Å². The van der Waals surface area contributed by atoms with Crippen LogP contribution in [-0.2, 0) is 14.2 Å². The molecule has 2 rings (SSSR count). The lowest BCUT2D eigenvalue weighted by Gasteiger charge is -2.16. The first kappa shape index (κ1) is 14.0. The van der Waals surface area contributed by atoms with Gasteiger partial charge in [-0.25, -0.2) is 4.79 Å². The highest BCUT2D eigenvalue weighted by atomic mass is 16.6. The van der Waals surface area contributed by atoms with Crippen LogP contribution in [0.4, 0.5) is 0 Å². The minimum atomic E-state index is -0.478. The molecule has 0 saturated carbocycles. The summed E-state index contributed by atoms with van der Waals surface area (Å²) in [5.41, 5.74) is -0.392. The molecule has 19 heavy (non-hydrogen) atoms. The quantitative estimate of drug-likeness (QED) is 0.819. The maximum absolute atomic E-state index is 11.8. The average Bonchev–Trinajstić information content (AvgIpc) is 2.77. The summed E-state index contributed by atoms with van der Waals surface area (Å²) < 4.78 is 17.5. The van der Waals surface area contributed by atoms with Crippen molar-refractivity contribution in [2.24, 2.45) is 0 Å². The Bertz CT molecular complexity index is 550. The Hall–Kier alpha value is -1.44. The highest BCUT2D eigenvalue weighted by Gasteiger charge is 2.36. The highest BCUT2D eigenvalue weighted by Crippen LogP contribution is 2.29. The van der Waals surface area contributed by atoms with Gasteiger partial charge in [-0.05, 0) is 6.92 Å². The predicted molar refractivity (Wildman–Crippen MR) is 67.3 cm³/mol. The van der Waals surface area contributed by atoms with E-state index in [0.717, 1.165) is 0 Å². The van der Waals surface area contributed by atoms with Crippen molar-refractivity contribution in [2.75, 3.05) is 20.8 Å². The molecule has 7 heteroatoms. The van der Waals surface area contributed by atoms with Crippen LogP contribution in [-0.4, -0.2) is 42.6 Å². The van der Waals surface area contributed by atoms with Gasteiger partial charge >= 0.3 is 5.69 Å². The van der Waals surface area contributed by atoms with Crippen LogP contribution in [0.3, 0.4) is 0 Å². The Balaban J connectivity index is 2.27. The van der Waals surface area contributed by atoms with Gasteiger partial charge in [0.25, 0.3) is 5.56 Å². The van der Waals surface area contributed by atoms with Gasteiger partial charge in [-0.2, -0.15) is 0 Å². The Morgan fingerprint density at radius 3 is 2.84 bits per heavy atom. The number of hydrogen-bond acceptors (Lipinski definition) is 5. The number of hydrogen-bond donors (Lipinski definition) is 1. The predicted octanol–water partition coefficient (Wildman–Crippen LogP) is -0.206. The summed E-state index contributed by atoms with van der Waals surface area (Å²) in [6.45, 7) is 2.04. The van der Waals surface area contributed by atoms with Gasteiger partial charge in [-0.15, -0.1) is 0 Å². The molecule has 0 spiro atoms. The van der Waals surface area contributed by atoms with Gasteiger partial charge in [0, 0.05) is 32.4 Å². The molecule has 1 aliphatic rings. The third-order valence-electron chi connectivity index (χ3n) is 3.27. The summed E-state index contributed by atoms with van der Waals surface area (Å²) in [5.74, 6) is 0. The molecule has 0 aliphatic carbocycles. The molecule has 1 N–H and O–H groups in total. The summed E-state index contributed by atoms with van der Waals surface area (Å²) in [7, 11) is 3.18. The molecule has 7 nitrogen and oxygen atoms in total. The molecule has 0 aromatic carbocycles. The number of nitrogens with zero attached hydrogens (tertiary/aromatic N) is 1. The molecular weight excluding hydrogens is 252 g/mol. The maximum Gasteiger partial charge on any atom is 0.330 e. The van der Waals surface area contributed by atoms with Crippen LogP contribution in [0.5, 0.6) is 0 Å². The van der Waals surface area contributed by atoms with E-state index < -0.39 is 11.9 Å². The minimum Gasteiger partial charge on any atom is -0.382 e. The van der Waals surface area contributed by atoms with E-state index in [0.29, 0.717) is 18.6 Å². The molecule has 2 heterocycles. The average molecular weight is 270 g/mol. The second kappa shape index (κ2) is 5.68. The van der Waals surface area contributed by atoms with Crippen LogP contribution < -0.4 is 11.2 Å². The maximum atomic E-state index is 11.8. The number of methoxy groups -OCH3 is 2. The van der Waals surface area contributed by atoms with Crippen molar-refractivity contribution in [3.05, 3.63) is 32.6 Å². The first-order valence-electron chi connectivity index (χ1n) is 6.06. The van der Waals surface area contributed by atoms with Crippen molar-refractivity contribution in [1.82, 2.24) is 9.55 Å². The van der Waals surface area contributed by atoms with Crippen LogP contribution in [0.25, 0.3) is 0 Å². The van der Waals surface area contributed by atoms with Crippen LogP contribution in [0, 0.1) is 6.92 Å². The zero-order chi connectivity index (χ0) is 14.0. The zero-order valence-electron chi connectivity index (χ0n) is 11.2. The van der Waals surface area contributed by atoms with Crippen LogP contribution >= 0.6 is 0 Å². The van der Waals surface area contributed by atoms with Crippen LogP contribution in [0.2, 0.25) is 0 Å². The molecule has 1 saturated heterocycles. The monoisotopic (exact) mass is 270 g/mol. The lowest BCUT2D eigenvalue weighted by molar-refractivity contribution is -0.0618. The Kier molecular flexibility index (Phi) is 4.18. The summed E-state index contributed by atoms with van der Waals surface area (Å²) in [5, 5.41) is 0. The smallest absolute Gasteiger partial charge is 0.330 e.